The topological polar surface area (TPSA) is 79.6 Å². The highest BCUT2D eigenvalue weighted by Crippen LogP contribution is 2.31. The minimum absolute atomic E-state index is 0.0382. The van der Waals surface area contributed by atoms with Gasteiger partial charge in [-0.05, 0) is 30.2 Å². The summed E-state index contributed by atoms with van der Waals surface area (Å²) >= 11 is 0. The minimum atomic E-state index is -1.71. The fourth-order valence-electron chi connectivity index (χ4n) is 3.65. The van der Waals surface area contributed by atoms with E-state index in [4.69, 9.17) is 0 Å². The molecular weight excluding hydrogens is 389 g/mol. The average molecular weight is 402 g/mol. The molecule has 0 spiro atoms. The summed E-state index contributed by atoms with van der Waals surface area (Å²) in [7, 11) is 0. The second-order valence-electron chi connectivity index (χ2n) is 6.59. The Hall–Kier alpha value is -3.62. The molecule has 1 N–H and O–H groups in total. The van der Waals surface area contributed by atoms with E-state index >= 15 is 0 Å². The smallest absolute Gasteiger partial charge is 0.323 e. The van der Waals surface area contributed by atoms with Crippen LogP contribution in [0.5, 0.6) is 0 Å². The third-order valence-electron chi connectivity index (χ3n) is 4.88. The summed E-state index contributed by atoms with van der Waals surface area (Å²) in [5.41, 5.74) is 0.657. The predicted octanol–water partition coefficient (Wildman–Crippen LogP) is 2.98. The van der Waals surface area contributed by atoms with Crippen molar-refractivity contribution < 1.29 is 32.7 Å². The third-order valence-corrected chi connectivity index (χ3v) is 4.88. The molecule has 0 fully saturated rings. The van der Waals surface area contributed by atoms with E-state index in [9.17, 15) is 32.7 Å². The number of fused-ring (bicyclic) bond motifs is 3. The summed E-state index contributed by atoms with van der Waals surface area (Å²) < 4.78 is 41.5. The Labute approximate surface area is 161 Å². The Morgan fingerprint density at radius 2 is 1.72 bits per heavy atom. The van der Waals surface area contributed by atoms with Crippen LogP contribution in [0.15, 0.2) is 36.4 Å². The lowest BCUT2D eigenvalue weighted by Crippen LogP contribution is -2.43. The highest BCUT2D eigenvalue weighted by molar-refractivity contribution is 6.13. The number of aliphatic carboxylic acids is 1. The summed E-state index contributed by atoms with van der Waals surface area (Å²) in [5.74, 6) is -7.75. The molecule has 1 aromatic heterocycles. The molecule has 4 rings (SSSR count). The van der Waals surface area contributed by atoms with Crippen LogP contribution < -0.4 is 0 Å². The molecule has 2 amide bonds. The Balaban J connectivity index is 1.81. The third kappa shape index (κ3) is 2.95. The van der Waals surface area contributed by atoms with E-state index in [2.05, 4.69) is 0 Å². The number of halogens is 3. The molecule has 29 heavy (non-hydrogen) atoms. The molecule has 9 heteroatoms. The largest absolute Gasteiger partial charge is 0.480 e. The van der Waals surface area contributed by atoms with Gasteiger partial charge in [0.15, 0.2) is 17.5 Å². The molecule has 2 heterocycles. The Morgan fingerprint density at radius 1 is 1.07 bits per heavy atom. The number of amides is 2. The second kappa shape index (κ2) is 6.77. The van der Waals surface area contributed by atoms with Gasteiger partial charge < -0.3 is 9.67 Å². The highest BCUT2D eigenvalue weighted by Gasteiger charge is 2.35. The van der Waals surface area contributed by atoms with Gasteiger partial charge in [0, 0.05) is 23.0 Å². The molecule has 3 aromatic rings. The molecule has 0 aliphatic carbocycles. The molecule has 0 bridgehead atoms. The number of nitrogens with zero attached hydrogens (tertiary/aromatic N) is 2. The van der Waals surface area contributed by atoms with Crippen molar-refractivity contribution in [1.82, 2.24) is 9.47 Å². The maximum Gasteiger partial charge on any atom is 0.323 e. The number of carboxylic acid groups (broad SMARTS) is 1. The zero-order chi connectivity index (χ0) is 20.9. The summed E-state index contributed by atoms with van der Waals surface area (Å²) in [6, 6.07) is 7.92. The van der Waals surface area contributed by atoms with Crippen LogP contribution in [0.4, 0.5) is 13.2 Å². The summed E-state index contributed by atoms with van der Waals surface area (Å²) in [6.45, 7) is -0.560. The predicted molar refractivity (Wildman–Crippen MR) is 95.0 cm³/mol. The van der Waals surface area contributed by atoms with Crippen molar-refractivity contribution in [2.75, 3.05) is 6.54 Å². The highest BCUT2D eigenvalue weighted by atomic mass is 19.2. The fraction of sp³-hybridized carbons (Fsp3) is 0.150. The van der Waals surface area contributed by atoms with Gasteiger partial charge >= 0.3 is 5.97 Å². The molecule has 0 saturated carbocycles. The van der Waals surface area contributed by atoms with E-state index < -0.39 is 47.3 Å². The van der Waals surface area contributed by atoms with Crippen LogP contribution >= 0.6 is 0 Å². The van der Waals surface area contributed by atoms with Gasteiger partial charge in [0.1, 0.15) is 12.2 Å². The van der Waals surface area contributed by atoms with Crippen molar-refractivity contribution in [2.45, 2.75) is 13.0 Å². The number of hydrogen-bond acceptors (Lipinski definition) is 3. The van der Waals surface area contributed by atoms with E-state index in [1.54, 1.807) is 24.3 Å². The fourth-order valence-corrected chi connectivity index (χ4v) is 3.65. The first-order valence-electron chi connectivity index (χ1n) is 8.62. The van der Waals surface area contributed by atoms with E-state index in [1.807, 2.05) is 0 Å². The molecule has 0 atom stereocenters. The zero-order valence-electron chi connectivity index (χ0n) is 14.8. The van der Waals surface area contributed by atoms with E-state index in [0.29, 0.717) is 28.6 Å². The summed E-state index contributed by atoms with van der Waals surface area (Å²) in [4.78, 5) is 37.9. The minimum Gasteiger partial charge on any atom is -0.480 e. The van der Waals surface area contributed by atoms with Gasteiger partial charge in [-0.2, -0.15) is 0 Å². The van der Waals surface area contributed by atoms with Gasteiger partial charge in [-0.1, -0.05) is 18.2 Å². The number of carbonyl (C=O) groups is 3. The second-order valence-corrected chi connectivity index (χ2v) is 6.59. The van der Waals surface area contributed by atoms with Gasteiger partial charge in [0.25, 0.3) is 11.8 Å². The Kier molecular flexibility index (Phi) is 4.37. The normalized spacial score (nSPS) is 13.6. The molecule has 2 aromatic carbocycles. The average Bonchev–Trinajstić information content (AvgIpc) is 3.00. The number of carboxylic acids is 1. The molecule has 1 aliphatic rings. The Bertz CT molecular complexity index is 1180. The molecule has 0 unspecified atom stereocenters. The van der Waals surface area contributed by atoms with Crippen molar-refractivity contribution in [2.24, 2.45) is 0 Å². The molecular formula is C20H13F3N2O4. The monoisotopic (exact) mass is 402 g/mol. The van der Waals surface area contributed by atoms with Crippen molar-refractivity contribution in [3.8, 4) is 0 Å². The van der Waals surface area contributed by atoms with Gasteiger partial charge in [-0.25, -0.2) is 13.2 Å². The van der Waals surface area contributed by atoms with E-state index in [-0.39, 0.29) is 18.7 Å². The number of para-hydroxylation sites is 1. The maximum atomic E-state index is 13.5. The van der Waals surface area contributed by atoms with Gasteiger partial charge in [0.2, 0.25) is 0 Å². The van der Waals surface area contributed by atoms with Crippen LogP contribution in [-0.2, 0) is 17.8 Å². The lowest BCUT2D eigenvalue weighted by atomic mass is 10.0. The summed E-state index contributed by atoms with van der Waals surface area (Å²) in [5, 5.41) is 9.94. The van der Waals surface area contributed by atoms with Crippen LogP contribution in [-0.4, -0.2) is 38.9 Å². The van der Waals surface area contributed by atoms with Crippen LogP contribution in [0.1, 0.15) is 26.4 Å². The maximum absolute atomic E-state index is 13.5. The SMILES string of the molecule is O=C(O)Cn1c2c(c3ccccc31)CCN(C(=O)c1cc(F)c(F)c(F)c1)C2=O. The van der Waals surface area contributed by atoms with Crippen LogP contribution in [0, 0.1) is 17.5 Å². The Morgan fingerprint density at radius 3 is 2.38 bits per heavy atom. The number of benzene rings is 2. The first kappa shape index (κ1) is 18.7. The van der Waals surface area contributed by atoms with Gasteiger partial charge in [0.05, 0.1) is 0 Å². The molecule has 148 valence electrons. The number of hydrogen-bond donors (Lipinski definition) is 1. The molecule has 1 aliphatic heterocycles. The van der Waals surface area contributed by atoms with E-state index in [1.165, 1.54) is 4.57 Å². The quantitative estimate of drug-likeness (QED) is 0.540. The van der Waals surface area contributed by atoms with Gasteiger partial charge in [-0.15, -0.1) is 0 Å². The van der Waals surface area contributed by atoms with E-state index in [0.717, 1.165) is 4.90 Å². The number of rotatable bonds is 3. The van der Waals surface area contributed by atoms with Crippen LogP contribution in [0.3, 0.4) is 0 Å². The lowest BCUT2D eigenvalue weighted by Gasteiger charge is -2.26. The first-order valence-corrected chi connectivity index (χ1v) is 8.62. The first-order chi connectivity index (χ1) is 13.8. The van der Waals surface area contributed by atoms with Crippen LogP contribution in [0.25, 0.3) is 10.9 Å². The standard InChI is InChI=1S/C20H13F3N2O4/c21-13-7-10(8-14(22)17(13)23)19(28)24-6-5-12-11-3-1-2-4-15(11)25(9-16(26)27)18(12)20(24)29/h1-4,7-8H,5-6,9H2,(H,26,27). The zero-order valence-corrected chi connectivity index (χ0v) is 14.8. The number of aromatic nitrogens is 1. The van der Waals surface area contributed by atoms with Crippen molar-refractivity contribution >= 4 is 28.7 Å². The molecule has 0 radical (unpaired) electrons. The van der Waals surface area contributed by atoms with Gasteiger partial charge in [-0.3, -0.25) is 19.3 Å². The number of imide groups is 1. The summed E-state index contributed by atoms with van der Waals surface area (Å²) in [6.07, 6.45) is 0.242. The number of carbonyl (C=O) groups excluding carboxylic acids is 2. The van der Waals surface area contributed by atoms with Crippen molar-refractivity contribution in [3.05, 3.63) is 70.7 Å². The molecule has 6 nitrogen and oxygen atoms in total. The molecule has 0 saturated heterocycles. The lowest BCUT2D eigenvalue weighted by molar-refractivity contribution is -0.137. The van der Waals surface area contributed by atoms with Crippen molar-refractivity contribution in [1.29, 1.82) is 0 Å². The van der Waals surface area contributed by atoms with Crippen molar-refractivity contribution in [3.63, 3.8) is 0 Å². The van der Waals surface area contributed by atoms with Crippen LogP contribution in [0.2, 0.25) is 0 Å².